The van der Waals surface area contributed by atoms with Crippen LogP contribution in [0.15, 0.2) is 42.5 Å². The van der Waals surface area contributed by atoms with E-state index in [-0.39, 0.29) is 29.5 Å². The van der Waals surface area contributed by atoms with Crippen molar-refractivity contribution in [1.82, 2.24) is 0 Å². The first kappa shape index (κ1) is 16.6. The van der Waals surface area contributed by atoms with Crippen LogP contribution in [0.25, 0.3) is 0 Å². The molecule has 0 radical (unpaired) electrons. The molecule has 4 rings (SSSR count). The molecule has 3 nitrogen and oxygen atoms in total. The number of nitrogens with one attached hydrogen (secondary N) is 1. The normalized spacial score (nSPS) is 25.7. The Hall–Kier alpha value is -1.91. The first-order chi connectivity index (χ1) is 11.9. The van der Waals surface area contributed by atoms with Crippen molar-refractivity contribution >= 4 is 5.69 Å². The Bertz CT molecular complexity index is 766. The summed E-state index contributed by atoms with van der Waals surface area (Å²) in [4.78, 5) is 0. The van der Waals surface area contributed by atoms with Crippen molar-refractivity contribution in [1.29, 1.82) is 0 Å². The summed E-state index contributed by atoms with van der Waals surface area (Å²) in [6.45, 7) is 7.80. The maximum Gasteiger partial charge on any atom is 0.123 e. The third-order valence-electron chi connectivity index (χ3n) is 5.08. The topological polar surface area (TPSA) is 30.5 Å². The molecular weight excluding hydrogens is 317 g/mol. The number of anilines is 1. The van der Waals surface area contributed by atoms with Gasteiger partial charge in [0.25, 0.3) is 0 Å². The largest absolute Gasteiger partial charge is 0.375 e. The maximum absolute atomic E-state index is 13.3. The van der Waals surface area contributed by atoms with Gasteiger partial charge in [-0.25, -0.2) is 4.39 Å². The monoisotopic (exact) mass is 341 g/mol. The summed E-state index contributed by atoms with van der Waals surface area (Å²) in [7, 11) is 0. The molecule has 0 aromatic heterocycles. The second kappa shape index (κ2) is 6.11. The molecule has 0 saturated carbocycles. The predicted molar refractivity (Wildman–Crippen MR) is 96.3 cm³/mol. The molecule has 2 aromatic carbocycles. The fraction of sp³-hybridized carbons (Fsp3) is 0.429. The molecule has 0 amide bonds. The Kier molecular flexibility index (Phi) is 4.05. The highest BCUT2D eigenvalue weighted by molar-refractivity contribution is 5.59. The van der Waals surface area contributed by atoms with Crippen LogP contribution in [0.1, 0.15) is 49.6 Å². The fourth-order valence-electron chi connectivity index (χ4n) is 3.67. The summed E-state index contributed by atoms with van der Waals surface area (Å²) in [5.41, 5.74) is 4.58. The molecule has 0 unspecified atom stereocenters. The summed E-state index contributed by atoms with van der Waals surface area (Å²) in [5.74, 6) is -0.229. The quantitative estimate of drug-likeness (QED) is 0.812. The third-order valence-corrected chi connectivity index (χ3v) is 5.08. The Morgan fingerprint density at radius 2 is 1.72 bits per heavy atom. The van der Waals surface area contributed by atoms with Crippen LogP contribution < -0.4 is 5.32 Å². The molecule has 2 aromatic rings. The number of hydrogen-bond acceptors (Lipinski definition) is 3. The van der Waals surface area contributed by atoms with Gasteiger partial charge in [0.1, 0.15) is 18.0 Å². The Morgan fingerprint density at radius 1 is 1.00 bits per heavy atom. The second-order valence-corrected chi connectivity index (χ2v) is 7.85. The zero-order chi connectivity index (χ0) is 17.6. The van der Waals surface area contributed by atoms with Crippen LogP contribution >= 0.6 is 0 Å². The van der Waals surface area contributed by atoms with Crippen molar-refractivity contribution in [2.24, 2.45) is 0 Å². The summed E-state index contributed by atoms with van der Waals surface area (Å²) < 4.78 is 25.5. The predicted octanol–water partition coefficient (Wildman–Crippen LogP) is 4.75. The first-order valence-electron chi connectivity index (χ1n) is 8.83. The zero-order valence-corrected chi connectivity index (χ0v) is 14.9. The van der Waals surface area contributed by atoms with Crippen LogP contribution in [0.5, 0.6) is 0 Å². The smallest absolute Gasteiger partial charge is 0.123 e. The van der Waals surface area contributed by atoms with E-state index in [4.69, 9.17) is 9.47 Å². The molecule has 1 fully saturated rings. The van der Waals surface area contributed by atoms with Crippen LogP contribution in [0.3, 0.4) is 0 Å². The molecule has 25 heavy (non-hydrogen) atoms. The van der Waals surface area contributed by atoms with Crippen molar-refractivity contribution in [3.05, 3.63) is 65.0 Å². The van der Waals surface area contributed by atoms with E-state index in [1.165, 1.54) is 17.7 Å². The third kappa shape index (κ3) is 3.05. The molecule has 1 saturated heterocycles. The van der Waals surface area contributed by atoms with Crippen molar-refractivity contribution in [2.75, 3.05) is 18.5 Å². The molecule has 0 aliphatic carbocycles. The van der Waals surface area contributed by atoms with Crippen LogP contribution in [0, 0.1) is 5.82 Å². The lowest BCUT2D eigenvalue weighted by Crippen LogP contribution is -2.43. The van der Waals surface area contributed by atoms with Gasteiger partial charge in [-0.3, -0.25) is 0 Å². The molecule has 132 valence electrons. The average molecular weight is 341 g/mol. The minimum atomic E-state index is -0.229. The van der Waals surface area contributed by atoms with Crippen LogP contribution in [0.4, 0.5) is 10.1 Å². The molecule has 1 N–H and O–H groups in total. The lowest BCUT2D eigenvalue weighted by Gasteiger charge is -2.43. The van der Waals surface area contributed by atoms with Gasteiger partial charge in [0.05, 0.1) is 19.3 Å². The van der Waals surface area contributed by atoms with Gasteiger partial charge in [-0.05, 0) is 34.7 Å². The maximum atomic E-state index is 13.3. The minimum Gasteiger partial charge on any atom is -0.375 e. The summed E-state index contributed by atoms with van der Waals surface area (Å²) in [5, 5.41) is 3.58. The van der Waals surface area contributed by atoms with Gasteiger partial charge < -0.3 is 14.8 Å². The summed E-state index contributed by atoms with van der Waals surface area (Å²) >= 11 is 0. The van der Waals surface area contributed by atoms with Crippen molar-refractivity contribution in [3.63, 3.8) is 0 Å². The van der Waals surface area contributed by atoms with Crippen molar-refractivity contribution in [3.8, 4) is 0 Å². The highest BCUT2D eigenvalue weighted by Crippen LogP contribution is 2.45. The van der Waals surface area contributed by atoms with Gasteiger partial charge in [-0.15, -0.1) is 0 Å². The SMILES string of the molecule is CC(C)(C)c1ccc2c(c1)[C@@H]1OCCO[C@@H]1[C@@H](c1ccc(F)cc1)N2. The van der Waals surface area contributed by atoms with E-state index >= 15 is 0 Å². The number of benzene rings is 2. The number of hydrogen-bond donors (Lipinski definition) is 1. The minimum absolute atomic E-state index is 0.0566. The molecule has 0 spiro atoms. The highest BCUT2D eigenvalue weighted by Gasteiger charge is 2.41. The van der Waals surface area contributed by atoms with Gasteiger partial charge in [-0.2, -0.15) is 0 Å². The van der Waals surface area contributed by atoms with E-state index in [9.17, 15) is 4.39 Å². The van der Waals surface area contributed by atoms with Crippen LogP contribution in [0.2, 0.25) is 0 Å². The van der Waals surface area contributed by atoms with Crippen molar-refractivity contribution < 1.29 is 13.9 Å². The molecule has 3 atom stereocenters. The zero-order valence-electron chi connectivity index (χ0n) is 14.9. The van der Waals surface area contributed by atoms with Crippen molar-refractivity contribution in [2.45, 2.75) is 44.4 Å². The van der Waals surface area contributed by atoms with E-state index in [0.29, 0.717) is 13.2 Å². The van der Waals surface area contributed by atoms with Gasteiger partial charge in [0.2, 0.25) is 0 Å². The lowest BCUT2D eigenvalue weighted by atomic mass is 9.82. The highest BCUT2D eigenvalue weighted by atomic mass is 19.1. The average Bonchev–Trinajstić information content (AvgIpc) is 2.60. The number of halogens is 1. The number of ether oxygens (including phenoxy) is 2. The standard InChI is InChI=1S/C21H24FNO2/c1-21(2,3)14-6-9-17-16(12-14)19-20(25-11-10-24-19)18(23-17)13-4-7-15(22)8-5-13/h4-9,12,18-20,23H,10-11H2,1-3H3/t18-,19+,20-/m1/s1. The van der Waals surface area contributed by atoms with E-state index in [2.05, 4.69) is 44.3 Å². The van der Waals surface area contributed by atoms with Gasteiger partial charge in [0.15, 0.2) is 0 Å². The summed E-state index contributed by atoms with van der Waals surface area (Å²) in [6, 6.07) is 13.1. The second-order valence-electron chi connectivity index (χ2n) is 7.85. The van der Waals surface area contributed by atoms with E-state index in [1.54, 1.807) is 0 Å². The van der Waals surface area contributed by atoms with E-state index in [1.807, 2.05) is 12.1 Å². The lowest BCUT2D eigenvalue weighted by molar-refractivity contribution is -0.151. The molecular formula is C21H24FNO2. The molecule has 0 bridgehead atoms. The van der Waals surface area contributed by atoms with Gasteiger partial charge in [-0.1, -0.05) is 45.0 Å². The molecule has 4 heteroatoms. The molecule has 2 aliphatic heterocycles. The molecule has 2 aliphatic rings. The fourth-order valence-corrected chi connectivity index (χ4v) is 3.67. The van der Waals surface area contributed by atoms with E-state index < -0.39 is 0 Å². The summed E-state index contributed by atoms with van der Waals surface area (Å²) in [6.07, 6.45) is -0.232. The number of fused-ring (bicyclic) bond motifs is 3. The van der Waals surface area contributed by atoms with Gasteiger partial charge in [0, 0.05) is 11.3 Å². The van der Waals surface area contributed by atoms with E-state index in [0.717, 1.165) is 16.8 Å². The van der Waals surface area contributed by atoms with Crippen LogP contribution in [-0.2, 0) is 14.9 Å². The first-order valence-corrected chi connectivity index (χ1v) is 8.83. The Morgan fingerprint density at radius 3 is 2.44 bits per heavy atom. The molecule has 2 heterocycles. The number of rotatable bonds is 1. The van der Waals surface area contributed by atoms with Crippen LogP contribution in [-0.4, -0.2) is 19.3 Å². The Balaban J connectivity index is 1.76. The van der Waals surface area contributed by atoms with Gasteiger partial charge >= 0.3 is 0 Å². The Labute approximate surface area is 148 Å².